The van der Waals surface area contributed by atoms with Gasteiger partial charge in [0.25, 0.3) is 0 Å². The summed E-state index contributed by atoms with van der Waals surface area (Å²) in [6.07, 6.45) is 1.70. The molecule has 0 aromatic rings. The van der Waals surface area contributed by atoms with Crippen LogP contribution < -0.4 is 5.32 Å². The van der Waals surface area contributed by atoms with Crippen LogP contribution in [0.25, 0.3) is 0 Å². The first-order chi connectivity index (χ1) is 6.06. The van der Waals surface area contributed by atoms with E-state index in [0.717, 1.165) is 12.3 Å². The lowest BCUT2D eigenvalue weighted by Gasteiger charge is -2.16. The van der Waals surface area contributed by atoms with Crippen molar-refractivity contribution in [1.82, 2.24) is 5.32 Å². The molecule has 0 bridgehead atoms. The van der Waals surface area contributed by atoms with Gasteiger partial charge in [0.1, 0.15) is 0 Å². The van der Waals surface area contributed by atoms with Crippen LogP contribution in [-0.2, 0) is 0 Å². The standard InChI is InChI=1S/C10H23NO2/c1-8(2)4-5-9(3)11-6-10(13)7-12/h8-13H,4-7H2,1-3H3/t9?,10-/m0/s1. The summed E-state index contributed by atoms with van der Waals surface area (Å²) in [6, 6.07) is 0.420. The summed E-state index contributed by atoms with van der Waals surface area (Å²) in [7, 11) is 0. The van der Waals surface area contributed by atoms with Crippen molar-refractivity contribution in [2.75, 3.05) is 13.2 Å². The zero-order chi connectivity index (χ0) is 10.3. The Bertz CT molecular complexity index is 117. The fourth-order valence-electron chi connectivity index (χ4n) is 1.09. The average molecular weight is 189 g/mol. The first kappa shape index (κ1) is 12.9. The van der Waals surface area contributed by atoms with Gasteiger partial charge < -0.3 is 15.5 Å². The highest BCUT2D eigenvalue weighted by atomic mass is 16.3. The molecule has 2 atom stereocenters. The van der Waals surface area contributed by atoms with Crippen molar-refractivity contribution in [2.45, 2.75) is 45.8 Å². The third kappa shape index (κ3) is 8.22. The highest BCUT2D eigenvalue weighted by Crippen LogP contribution is 2.06. The van der Waals surface area contributed by atoms with E-state index >= 15 is 0 Å². The van der Waals surface area contributed by atoms with Gasteiger partial charge in [0.2, 0.25) is 0 Å². The molecule has 1 unspecified atom stereocenters. The molecule has 0 aliphatic carbocycles. The van der Waals surface area contributed by atoms with Crippen LogP contribution in [0.5, 0.6) is 0 Å². The molecule has 3 nitrogen and oxygen atoms in total. The highest BCUT2D eigenvalue weighted by molar-refractivity contribution is 4.65. The summed E-state index contributed by atoms with van der Waals surface area (Å²) in [6.45, 7) is 6.83. The van der Waals surface area contributed by atoms with E-state index in [1.165, 1.54) is 6.42 Å². The predicted octanol–water partition coefficient (Wildman–Crippen LogP) is 0.754. The molecule has 0 amide bonds. The van der Waals surface area contributed by atoms with Crippen molar-refractivity contribution in [2.24, 2.45) is 5.92 Å². The minimum atomic E-state index is -0.624. The topological polar surface area (TPSA) is 52.5 Å². The first-order valence-corrected chi connectivity index (χ1v) is 5.08. The molecule has 0 radical (unpaired) electrons. The fourth-order valence-corrected chi connectivity index (χ4v) is 1.09. The van der Waals surface area contributed by atoms with Crippen LogP contribution in [0.3, 0.4) is 0 Å². The number of aliphatic hydroxyl groups excluding tert-OH is 2. The van der Waals surface area contributed by atoms with Crippen molar-refractivity contribution in [3.05, 3.63) is 0 Å². The summed E-state index contributed by atoms with van der Waals surface area (Å²) in [4.78, 5) is 0. The van der Waals surface area contributed by atoms with Crippen LogP contribution in [0.15, 0.2) is 0 Å². The molecule has 0 heterocycles. The van der Waals surface area contributed by atoms with E-state index in [1.807, 2.05) is 0 Å². The van der Waals surface area contributed by atoms with Gasteiger partial charge >= 0.3 is 0 Å². The summed E-state index contributed by atoms with van der Waals surface area (Å²) >= 11 is 0. The zero-order valence-corrected chi connectivity index (χ0v) is 8.95. The summed E-state index contributed by atoms with van der Waals surface area (Å²) in [5.74, 6) is 0.729. The molecule has 80 valence electrons. The lowest BCUT2D eigenvalue weighted by Crippen LogP contribution is -2.35. The second kappa shape index (κ2) is 7.30. The van der Waals surface area contributed by atoms with Crippen molar-refractivity contribution >= 4 is 0 Å². The molecule has 0 saturated heterocycles. The summed E-state index contributed by atoms with van der Waals surface area (Å²) < 4.78 is 0. The van der Waals surface area contributed by atoms with E-state index in [-0.39, 0.29) is 6.61 Å². The minimum Gasteiger partial charge on any atom is -0.394 e. The number of nitrogens with one attached hydrogen (secondary N) is 1. The van der Waals surface area contributed by atoms with Gasteiger partial charge in [-0.15, -0.1) is 0 Å². The molecule has 0 saturated carbocycles. The molecular weight excluding hydrogens is 166 g/mol. The van der Waals surface area contributed by atoms with Crippen LogP contribution in [0, 0.1) is 5.92 Å². The molecule has 0 aliphatic heterocycles. The number of rotatable bonds is 7. The Labute approximate surface area is 81.2 Å². The largest absolute Gasteiger partial charge is 0.394 e. The van der Waals surface area contributed by atoms with E-state index in [1.54, 1.807) is 0 Å². The lowest BCUT2D eigenvalue weighted by molar-refractivity contribution is 0.0919. The second-order valence-corrected chi connectivity index (χ2v) is 4.12. The minimum absolute atomic E-state index is 0.163. The Balaban J connectivity index is 3.34. The van der Waals surface area contributed by atoms with Gasteiger partial charge in [0.05, 0.1) is 12.7 Å². The van der Waals surface area contributed by atoms with Crippen LogP contribution in [0.2, 0.25) is 0 Å². The maximum absolute atomic E-state index is 9.07. The average Bonchev–Trinajstić information content (AvgIpc) is 2.10. The molecule has 0 fully saturated rings. The Morgan fingerprint density at radius 2 is 1.77 bits per heavy atom. The highest BCUT2D eigenvalue weighted by Gasteiger charge is 2.06. The number of aliphatic hydroxyl groups is 2. The maximum Gasteiger partial charge on any atom is 0.0895 e. The first-order valence-electron chi connectivity index (χ1n) is 5.08. The normalized spacial score (nSPS) is 16.2. The molecule has 0 aliphatic rings. The van der Waals surface area contributed by atoms with Crippen LogP contribution >= 0.6 is 0 Å². The fraction of sp³-hybridized carbons (Fsp3) is 1.00. The lowest BCUT2D eigenvalue weighted by atomic mass is 10.0. The molecule has 3 heteroatoms. The van der Waals surface area contributed by atoms with Gasteiger partial charge in [-0.2, -0.15) is 0 Å². The third-order valence-corrected chi connectivity index (χ3v) is 2.09. The van der Waals surface area contributed by atoms with E-state index in [0.29, 0.717) is 12.6 Å². The van der Waals surface area contributed by atoms with Crippen molar-refractivity contribution < 1.29 is 10.2 Å². The summed E-state index contributed by atoms with van der Waals surface area (Å²) in [5, 5.41) is 20.8. The third-order valence-electron chi connectivity index (χ3n) is 2.09. The molecule has 0 aromatic carbocycles. The van der Waals surface area contributed by atoms with Gasteiger partial charge in [0.15, 0.2) is 0 Å². The number of hydrogen-bond acceptors (Lipinski definition) is 3. The second-order valence-electron chi connectivity index (χ2n) is 4.12. The van der Waals surface area contributed by atoms with Crippen molar-refractivity contribution in [3.63, 3.8) is 0 Å². The van der Waals surface area contributed by atoms with Crippen LogP contribution in [-0.4, -0.2) is 35.5 Å². The van der Waals surface area contributed by atoms with Crippen molar-refractivity contribution in [1.29, 1.82) is 0 Å². The summed E-state index contributed by atoms with van der Waals surface area (Å²) in [5.41, 5.74) is 0. The quantitative estimate of drug-likeness (QED) is 0.554. The Hall–Kier alpha value is -0.120. The zero-order valence-electron chi connectivity index (χ0n) is 8.95. The molecule has 0 spiro atoms. The van der Waals surface area contributed by atoms with Gasteiger partial charge in [0, 0.05) is 12.6 Å². The van der Waals surface area contributed by atoms with Gasteiger partial charge in [-0.3, -0.25) is 0 Å². The monoisotopic (exact) mass is 189 g/mol. The molecule has 13 heavy (non-hydrogen) atoms. The van der Waals surface area contributed by atoms with E-state index in [9.17, 15) is 0 Å². The molecule has 3 N–H and O–H groups in total. The van der Waals surface area contributed by atoms with Crippen LogP contribution in [0.1, 0.15) is 33.6 Å². The maximum atomic E-state index is 9.07. The Kier molecular flexibility index (Phi) is 7.23. The predicted molar refractivity (Wildman–Crippen MR) is 54.6 cm³/mol. The molecule has 0 aromatic heterocycles. The molecule has 0 rings (SSSR count). The van der Waals surface area contributed by atoms with Crippen molar-refractivity contribution in [3.8, 4) is 0 Å². The Morgan fingerprint density at radius 3 is 2.23 bits per heavy atom. The number of hydrogen-bond donors (Lipinski definition) is 3. The smallest absolute Gasteiger partial charge is 0.0895 e. The molecular formula is C10H23NO2. The van der Waals surface area contributed by atoms with E-state index in [4.69, 9.17) is 10.2 Å². The van der Waals surface area contributed by atoms with Gasteiger partial charge in [-0.1, -0.05) is 13.8 Å². The van der Waals surface area contributed by atoms with E-state index in [2.05, 4.69) is 26.1 Å². The van der Waals surface area contributed by atoms with Crippen LogP contribution in [0.4, 0.5) is 0 Å². The van der Waals surface area contributed by atoms with E-state index < -0.39 is 6.10 Å². The SMILES string of the molecule is CC(C)CCC(C)NC[C@H](O)CO. The van der Waals surface area contributed by atoms with Gasteiger partial charge in [-0.05, 0) is 25.7 Å². The Morgan fingerprint density at radius 1 is 1.15 bits per heavy atom. The van der Waals surface area contributed by atoms with Gasteiger partial charge in [-0.25, -0.2) is 0 Å².